The van der Waals surface area contributed by atoms with Crippen molar-refractivity contribution < 1.29 is 14.3 Å². The van der Waals surface area contributed by atoms with Gasteiger partial charge in [0.1, 0.15) is 11.3 Å². The zero-order valence-electron chi connectivity index (χ0n) is 19.9. The number of nitrogens with zero attached hydrogens (tertiary/aromatic N) is 2. The van der Waals surface area contributed by atoms with Crippen LogP contribution in [0.15, 0.2) is 46.4 Å². The molecule has 0 spiro atoms. The Labute approximate surface area is 214 Å². The predicted molar refractivity (Wildman–Crippen MR) is 143 cm³/mol. The van der Waals surface area contributed by atoms with Crippen molar-refractivity contribution in [2.24, 2.45) is 0 Å². The number of nitrogens with one attached hydrogen (secondary N) is 1. The number of rotatable bonds is 4. The third kappa shape index (κ3) is 4.25. The van der Waals surface area contributed by atoms with Crippen molar-refractivity contribution in [1.29, 1.82) is 0 Å². The number of benzene rings is 2. The molecule has 0 aliphatic carbocycles. The molecule has 178 valence electrons. The van der Waals surface area contributed by atoms with Gasteiger partial charge in [-0.25, -0.2) is 0 Å². The molecule has 1 unspecified atom stereocenters. The number of carbonyl (C=O) groups excluding carboxylic acids is 2. The maximum absolute atomic E-state index is 13.4. The van der Waals surface area contributed by atoms with E-state index < -0.39 is 11.8 Å². The predicted octanol–water partition coefficient (Wildman–Crippen LogP) is 5.40. The lowest BCUT2D eigenvalue weighted by Crippen LogP contribution is -2.54. The van der Waals surface area contributed by atoms with Gasteiger partial charge in [0, 0.05) is 33.9 Å². The second kappa shape index (κ2) is 9.15. The molecule has 0 bridgehead atoms. The summed E-state index contributed by atoms with van der Waals surface area (Å²) in [6.45, 7) is 9.74. The molecule has 1 N–H and O–H groups in total. The lowest BCUT2D eigenvalue weighted by Gasteiger charge is -2.47. The van der Waals surface area contributed by atoms with Crippen molar-refractivity contribution in [3.63, 3.8) is 0 Å². The quantitative estimate of drug-likeness (QED) is 0.319. The van der Waals surface area contributed by atoms with Crippen molar-refractivity contribution in [3.8, 4) is 5.75 Å². The van der Waals surface area contributed by atoms with E-state index in [2.05, 4.69) is 53.8 Å². The highest BCUT2D eigenvalue weighted by Gasteiger charge is 2.37. The maximum Gasteiger partial charge on any atom is 0.270 e. The fourth-order valence-corrected chi connectivity index (χ4v) is 5.60. The van der Waals surface area contributed by atoms with Crippen molar-refractivity contribution >= 4 is 62.5 Å². The monoisotopic (exact) mass is 541 g/mol. The van der Waals surface area contributed by atoms with Crippen molar-refractivity contribution in [1.82, 2.24) is 5.32 Å². The summed E-state index contributed by atoms with van der Waals surface area (Å²) in [6, 6.07) is 11.2. The Bertz CT molecular complexity index is 1210. The highest BCUT2D eigenvalue weighted by Crippen LogP contribution is 2.46. The Morgan fingerprint density at radius 1 is 1.24 bits per heavy atom. The van der Waals surface area contributed by atoms with Crippen LogP contribution >= 0.6 is 28.1 Å². The molecule has 2 aliphatic rings. The van der Waals surface area contributed by atoms with Gasteiger partial charge in [-0.1, -0.05) is 22.9 Å². The number of methoxy groups -OCH3 is 1. The average molecular weight is 542 g/mol. The smallest absolute Gasteiger partial charge is 0.270 e. The number of halogens is 1. The van der Waals surface area contributed by atoms with E-state index in [1.54, 1.807) is 25.3 Å². The molecular formula is C26H28BrN3O3S. The summed E-state index contributed by atoms with van der Waals surface area (Å²) in [7, 11) is 1.60. The van der Waals surface area contributed by atoms with Crippen LogP contribution in [0.1, 0.15) is 51.2 Å². The Balaban J connectivity index is 1.80. The fraction of sp³-hybridized carbons (Fsp3) is 0.346. The molecule has 1 atom stereocenters. The SMILES string of the molecule is CCN1c2cc(OC)c(/C=C3/C(=O)NC(=S)N(c4ccc(Br)cc4)C3=O)cc2C(C)CC1(C)C. The van der Waals surface area contributed by atoms with Gasteiger partial charge in [-0.05, 0) is 87.3 Å². The summed E-state index contributed by atoms with van der Waals surface area (Å²) in [5.41, 5.74) is 3.60. The molecule has 8 heteroatoms. The molecule has 0 saturated carbocycles. The molecule has 1 saturated heterocycles. The first-order valence-electron chi connectivity index (χ1n) is 11.2. The van der Waals surface area contributed by atoms with Crippen molar-refractivity contribution in [2.45, 2.75) is 45.6 Å². The number of carbonyl (C=O) groups is 2. The van der Waals surface area contributed by atoms with Crippen LogP contribution in [0.2, 0.25) is 0 Å². The first kappa shape index (κ1) is 24.4. The number of hydrogen-bond acceptors (Lipinski definition) is 5. The Morgan fingerprint density at radius 2 is 1.91 bits per heavy atom. The summed E-state index contributed by atoms with van der Waals surface area (Å²) in [4.78, 5) is 30.0. The summed E-state index contributed by atoms with van der Waals surface area (Å²) in [5, 5.41) is 2.70. The van der Waals surface area contributed by atoms with Crippen LogP contribution in [0.25, 0.3) is 6.08 Å². The highest BCUT2D eigenvalue weighted by molar-refractivity contribution is 9.10. The van der Waals surface area contributed by atoms with Gasteiger partial charge < -0.3 is 9.64 Å². The Morgan fingerprint density at radius 3 is 2.53 bits per heavy atom. The van der Waals surface area contributed by atoms with Crippen LogP contribution in [-0.4, -0.2) is 36.1 Å². The number of anilines is 2. The summed E-state index contributed by atoms with van der Waals surface area (Å²) >= 11 is 8.71. The lowest BCUT2D eigenvalue weighted by molar-refractivity contribution is -0.122. The van der Waals surface area contributed by atoms with E-state index in [9.17, 15) is 9.59 Å². The van der Waals surface area contributed by atoms with Gasteiger partial charge in [-0.15, -0.1) is 0 Å². The van der Waals surface area contributed by atoms with Gasteiger partial charge in [0.25, 0.3) is 11.8 Å². The van der Waals surface area contributed by atoms with E-state index in [0.29, 0.717) is 22.9 Å². The highest BCUT2D eigenvalue weighted by atomic mass is 79.9. The fourth-order valence-electron chi connectivity index (χ4n) is 5.05. The van der Waals surface area contributed by atoms with Crippen LogP contribution < -0.4 is 19.9 Å². The molecule has 34 heavy (non-hydrogen) atoms. The van der Waals surface area contributed by atoms with Gasteiger partial charge >= 0.3 is 0 Å². The van der Waals surface area contributed by atoms with Gasteiger partial charge in [0.2, 0.25) is 0 Å². The van der Waals surface area contributed by atoms with Gasteiger partial charge in [0.05, 0.1) is 12.8 Å². The van der Waals surface area contributed by atoms with E-state index in [1.165, 1.54) is 10.5 Å². The summed E-state index contributed by atoms with van der Waals surface area (Å²) in [6.07, 6.45) is 2.61. The maximum atomic E-state index is 13.4. The van der Waals surface area contributed by atoms with Crippen molar-refractivity contribution in [2.75, 3.05) is 23.5 Å². The summed E-state index contributed by atoms with van der Waals surface area (Å²) in [5.74, 6) is -0.0650. The number of fused-ring (bicyclic) bond motifs is 1. The zero-order valence-corrected chi connectivity index (χ0v) is 22.3. The minimum Gasteiger partial charge on any atom is -0.496 e. The summed E-state index contributed by atoms with van der Waals surface area (Å²) < 4.78 is 6.58. The molecule has 1 fully saturated rings. The Kier molecular flexibility index (Phi) is 6.57. The molecular weight excluding hydrogens is 514 g/mol. The normalized spacial score (nSPS) is 20.9. The van der Waals surface area contributed by atoms with E-state index in [4.69, 9.17) is 17.0 Å². The third-order valence-corrected chi connectivity index (χ3v) is 7.35. The molecule has 6 nitrogen and oxygen atoms in total. The number of ether oxygens (including phenoxy) is 1. The van der Waals surface area contributed by atoms with E-state index >= 15 is 0 Å². The van der Waals surface area contributed by atoms with Crippen LogP contribution in [0.4, 0.5) is 11.4 Å². The molecule has 4 rings (SSSR count). The number of amides is 2. The average Bonchev–Trinajstić information content (AvgIpc) is 2.77. The molecule has 0 aromatic heterocycles. The van der Waals surface area contributed by atoms with E-state index in [0.717, 1.165) is 23.1 Å². The van der Waals surface area contributed by atoms with Crippen LogP contribution in [0.3, 0.4) is 0 Å². The first-order valence-corrected chi connectivity index (χ1v) is 12.4. The minimum atomic E-state index is -0.521. The Hall–Kier alpha value is -2.71. The van der Waals surface area contributed by atoms with Gasteiger partial charge in [0.15, 0.2) is 5.11 Å². The van der Waals surface area contributed by atoms with Crippen LogP contribution in [0, 0.1) is 0 Å². The molecule has 2 aliphatic heterocycles. The van der Waals surface area contributed by atoms with Crippen molar-refractivity contribution in [3.05, 3.63) is 57.6 Å². The molecule has 2 aromatic carbocycles. The molecule has 2 amide bonds. The molecule has 2 heterocycles. The first-order chi connectivity index (χ1) is 16.1. The lowest BCUT2D eigenvalue weighted by atomic mass is 9.79. The number of thiocarbonyl (C=S) groups is 1. The van der Waals surface area contributed by atoms with E-state index in [1.807, 2.05) is 24.3 Å². The molecule has 0 radical (unpaired) electrons. The zero-order chi connectivity index (χ0) is 24.8. The minimum absolute atomic E-state index is 0.00547. The van der Waals surface area contributed by atoms with Gasteiger partial charge in [-0.2, -0.15) is 0 Å². The van der Waals surface area contributed by atoms with Crippen LogP contribution in [-0.2, 0) is 9.59 Å². The largest absolute Gasteiger partial charge is 0.496 e. The second-order valence-corrected chi connectivity index (χ2v) is 10.6. The standard InChI is InChI=1S/C26H28BrN3O3S/c1-6-29-21-13-22(33-5)16(11-19(21)15(2)14-26(29,3)4)12-20-23(31)28-25(34)30(24(20)32)18-9-7-17(27)8-10-18/h7-13,15H,6,14H2,1-5H3,(H,28,31,34)/b20-12-. The molecule has 2 aromatic rings. The van der Waals surface area contributed by atoms with Crippen LogP contribution in [0.5, 0.6) is 5.75 Å². The van der Waals surface area contributed by atoms with Gasteiger partial charge in [-0.3, -0.25) is 19.8 Å². The number of hydrogen-bond donors (Lipinski definition) is 1. The topological polar surface area (TPSA) is 61.9 Å². The third-order valence-electron chi connectivity index (χ3n) is 6.54. The van der Waals surface area contributed by atoms with E-state index in [-0.39, 0.29) is 16.2 Å². The second-order valence-electron chi connectivity index (χ2n) is 9.25.